The molecule has 0 saturated carbocycles. The number of aromatic nitrogens is 1. The highest BCUT2D eigenvalue weighted by Gasteiger charge is 2.11. The summed E-state index contributed by atoms with van der Waals surface area (Å²) in [5, 5.41) is 2.68. The van der Waals surface area contributed by atoms with Gasteiger partial charge in [0.1, 0.15) is 6.54 Å². The van der Waals surface area contributed by atoms with E-state index in [1.807, 2.05) is 0 Å². The van der Waals surface area contributed by atoms with Crippen molar-refractivity contribution >= 4 is 28.6 Å². The Balaban J connectivity index is 0.00000650. The molecule has 2 aromatic carbocycles. The van der Waals surface area contributed by atoms with E-state index in [-0.39, 0.29) is 34.0 Å². The molecule has 0 bridgehead atoms. The van der Waals surface area contributed by atoms with Crippen LogP contribution in [0, 0.1) is 0 Å². The van der Waals surface area contributed by atoms with Gasteiger partial charge in [0.15, 0.2) is 18.9 Å². The van der Waals surface area contributed by atoms with Crippen LogP contribution in [0.5, 0.6) is 0 Å². The highest BCUT2D eigenvalue weighted by Crippen LogP contribution is 2.25. The van der Waals surface area contributed by atoms with E-state index >= 15 is 0 Å². The molecule has 0 radical (unpaired) electrons. The summed E-state index contributed by atoms with van der Waals surface area (Å²) in [7, 11) is 6.74. The van der Waals surface area contributed by atoms with Crippen LogP contribution in [-0.2, 0) is 6.54 Å². The molecular formula is C46H75Br2N3. The Hall–Kier alpha value is -1.69. The number of rotatable bonds is 28. The number of pyridine rings is 1. The molecule has 288 valence electrons. The molecular weight excluding hydrogens is 754 g/mol. The Kier molecular flexibility index (Phi) is 26.7. The quantitative estimate of drug-likeness (QED) is 0.0452. The van der Waals surface area contributed by atoms with E-state index in [2.05, 4.69) is 118 Å². The third-order valence-electron chi connectivity index (χ3n) is 10.2. The van der Waals surface area contributed by atoms with Gasteiger partial charge in [-0.1, -0.05) is 160 Å². The third kappa shape index (κ3) is 21.6. The summed E-state index contributed by atoms with van der Waals surface area (Å²) in [6.45, 7) is 9.15. The van der Waals surface area contributed by atoms with Gasteiger partial charge in [-0.05, 0) is 52.9 Å². The molecule has 0 N–H and O–H groups in total. The minimum Gasteiger partial charge on any atom is -1.00 e. The van der Waals surface area contributed by atoms with Crippen LogP contribution in [0.15, 0.2) is 60.9 Å². The number of likely N-dealkylation sites (N-methyl/N-ethyl adjacent to an activating group) is 1. The van der Waals surface area contributed by atoms with Crippen LogP contribution in [-0.4, -0.2) is 45.3 Å². The van der Waals surface area contributed by atoms with E-state index < -0.39 is 0 Å². The molecule has 0 unspecified atom stereocenters. The lowest BCUT2D eigenvalue weighted by Crippen LogP contribution is -3.00. The Morgan fingerprint density at radius 1 is 0.510 bits per heavy atom. The molecule has 3 rings (SSSR count). The van der Waals surface area contributed by atoms with Gasteiger partial charge in [-0.3, -0.25) is 0 Å². The van der Waals surface area contributed by atoms with Crippen molar-refractivity contribution in [3.05, 3.63) is 72.1 Å². The number of fused-ring (bicyclic) bond motifs is 1. The zero-order valence-corrected chi connectivity index (χ0v) is 36.7. The lowest BCUT2D eigenvalue weighted by molar-refractivity contribution is -0.892. The molecule has 3 nitrogen and oxygen atoms in total. The first-order chi connectivity index (χ1) is 23.9. The fourth-order valence-electron chi connectivity index (χ4n) is 6.84. The summed E-state index contributed by atoms with van der Waals surface area (Å²) in [5.74, 6) is 0. The van der Waals surface area contributed by atoms with Crippen molar-refractivity contribution in [1.82, 2.24) is 0 Å². The van der Waals surface area contributed by atoms with Crippen LogP contribution in [0.25, 0.3) is 22.9 Å². The molecule has 0 aliphatic heterocycles. The molecule has 0 fully saturated rings. The minimum atomic E-state index is 0. The second-order valence-electron chi connectivity index (χ2n) is 15.9. The van der Waals surface area contributed by atoms with Gasteiger partial charge in [0, 0.05) is 30.9 Å². The highest BCUT2D eigenvalue weighted by atomic mass is 79.9. The Bertz CT molecular complexity index is 1270. The molecule has 1 heterocycles. The van der Waals surface area contributed by atoms with Crippen molar-refractivity contribution in [2.24, 2.45) is 0 Å². The van der Waals surface area contributed by atoms with Gasteiger partial charge >= 0.3 is 0 Å². The Morgan fingerprint density at radius 2 is 0.941 bits per heavy atom. The van der Waals surface area contributed by atoms with Crippen molar-refractivity contribution in [1.29, 1.82) is 0 Å². The second-order valence-corrected chi connectivity index (χ2v) is 15.9. The van der Waals surface area contributed by atoms with Crippen molar-refractivity contribution in [3.8, 4) is 0 Å². The summed E-state index contributed by atoms with van der Waals surface area (Å²) in [6, 6.07) is 18.6. The number of hydrogen-bond acceptors (Lipinski definition) is 1. The lowest BCUT2D eigenvalue weighted by atomic mass is 10.0. The normalized spacial score (nSPS) is 11.5. The molecule has 0 saturated heterocycles. The average molecular weight is 830 g/mol. The second kappa shape index (κ2) is 28.8. The fourth-order valence-corrected chi connectivity index (χ4v) is 6.84. The number of nitrogens with zero attached hydrogens (tertiary/aromatic N) is 3. The third-order valence-corrected chi connectivity index (χ3v) is 10.2. The number of unbranched alkanes of at least 4 members (excludes halogenated alkanes) is 18. The van der Waals surface area contributed by atoms with Gasteiger partial charge in [-0.2, -0.15) is 4.57 Å². The predicted molar refractivity (Wildman–Crippen MR) is 218 cm³/mol. The van der Waals surface area contributed by atoms with Gasteiger partial charge < -0.3 is 43.3 Å². The number of halogens is 2. The predicted octanol–water partition coefficient (Wildman–Crippen LogP) is 6.66. The van der Waals surface area contributed by atoms with Crippen LogP contribution in [0.4, 0.5) is 5.69 Å². The lowest BCUT2D eigenvalue weighted by Gasteiger charge is -2.25. The number of anilines is 1. The fraction of sp³-hybridized carbons (Fsp3) is 0.630. The van der Waals surface area contributed by atoms with Gasteiger partial charge in [0.25, 0.3) is 0 Å². The maximum absolute atomic E-state index is 2.70. The van der Waals surface area contributed by atoms with E-state index in [4.69, 9.17) is 0 Å². The molecule has 5 heteroatoms. The SMILES string of the molecule is CCCCCCCCCCCCN(CCCCCCCCCCCC)c1ccc2cc(/C=C/c3cc[n+](CC[N+](C)(C)C)cc3)ccc2c1.[Br-].[Br-]. The van der Waals surface area contributed by atoms with Crippen LogP contribution >= 0.6 is 0 Å². The summed E-state index contributed by atoms with van der Waals surface area (Å²) in [5.41, 5.74) is 3.91. The van der Waals surface area contributed by atoms with Gasteiger partial charge in [-0.25, -0.2) is 0 Å². The molecule has 0 aliphatic rings. The van der Waals surface area contributed by atoms with Crippen molar-refractivity contribution in [3.63, 3.8) is 0 Å². The van der Waals surface area contributed by atoms with Gasteiger partial charge in [0.2, 0.25) is 0 Å². The first-order valence-corrected chi connectivity index (χ1v) is 20.6. The number of quaternary nitrogens is 1. The van der Waals surface area contributed by atoms with Crippen LogP contribution in [0.2, 0.25) is 0 Å². The molecule has 0 aliphatic carbocycles. The Labute approximate surface area is 336 Å². The van der Waals surface area contributed by atoms with E-state index in [9.17, 15) is 0 Å². The molecule has 1 aromatic heterocycles. The molecule has 0 amide bonds. The zero-order chi connectivity index (χ0) is 35.0. The number of benzene rings is 2. The topological polar surface area (TPSA) is 7.12 Å². The van der Waals surface area contributed by atoms with Crippen LogP contribution in [0.1, 0.15) is 153 Å². The summed E-state index contributed by atoms with van der Waals surface area (Å²) in [6.07, 6.45) is 36.8. The first kappa shape index (κ1) is 47.3. The summed E-state index contributed by atoms with van der Waals surface area (Å²) in [4.78, 5) is 2.70. The molecule has 51 heavy (non-hydrogen) atoms. The smallest absolute Gasteiger partial charge is 0.196 e. The van der Waals surface area contributed by atoms with Crippen molar-refractivity contribution in [2.75, 3.05) is 45.7 Å². The van der Waals surface area contributed by atoms with Crippen LogP contribution in [0.3, 0.4) is 0 Å². The van der Waals surface area contributed by atoms with Gasteiger partial charge in [-0.15, -0.1) is 0 Å². The van der Waals surface area contributed by atoms with Crippen molar-refractivity contribution in [2.45, 2.75) is 149 Å². The Morgan fingerprint density at radius 3 is 1.43 bits per heavy atom. The zero-order valence-electron chi connectivity index (χ0n) is 33.5. The largest absolute Gasteiger partial charge is 1.00 e. The molecule has 0 atom stereocenters. The van der Waals surface area contributed by atoms with E-state index in [0.29, 0.717) is 0 Å². The van der Waals surface area contributed by atoms with Crippen molar-refractivity contribution < 1.29 is 43.0 Å². The van der Waals surface area contributed by atoms with E-state index in [1.54, 1.807) is 0 Å². The van der Waals surface area contributed by atoms with Crippen LogP contribution < -0.4 is 43.4 Å². The average Bonchev–Trinajstić information content (AvgIpc) is 3.10. The summed E-state index contributed by atoms with van der Waals surface area (Å²) < 4.78 is 3.26. The van der Waals surface area contributed by atoms with E-state index in [1.165, 1.54) is 169 Å². The maximum Gasteiger partial charge on any atom is 0.196 e. The minimum absolute atomic E-state index is 0. The highest BCUT2D eigenvalue weighted by molar-refractivity contribution is 5.88. The van der Waals surface area contributed by atoms with E-state index in [0.717, 1.165) is 17.6 Å². The monoisotopic (exact) mass is 827 g/mol. The first-order valence-electron chi connectivity index (χ1n) is 20.6. The standard InChI is InChI=1S/C46H75N3.2BrH/c1-6-8-10-12-14-16-18-20-22-24-34-48(35-25-23-21-19-17-15-13-11-9-7-2)46-31-30-44-40-43(28-29-45(44)41-46)27-26-42-32-36-47(37-33-42)38-39-49(3,4)5;;/h26-33,36-37,40-41H,6-25,34-35,38-39H2,1-5H3;2*1H/q+2;;/p-2. The molecule has 3 aromatic rings. The maximum atomic E-state index is 2.70. The number of hydrogen-bond donors (Lipinski definition) is 0. The van der Waals surface area contributed by atoms with Gasteiger partial charge in [0.05, 0.1) is 21.1 Å². The summed E-state index contributed by atoms with van der Waals surface area (Å²) >= 11 is 0. The molecule has 0 spiro atoms.